The van der Waals surface area contributed by atoms with Crippen LogP contribution in [-0.4, -0.2) is 37.0 Å². The Labute approximate surface area is 122 Å². The fourth-order valence-corrected chi connectivity index (χ4v) is 2.66. The van der Waals surface area contributed by atoms with Crippen molar-refractivity contribution in [1.82, 2.24) is 10.2 Å². The lowest BCUT2D eigenvalue weighted by Gasteiger charge is -2.23. The zero-order chi connectivity index (χ0) is 15.4. The smallest absolute Gasteiger partial charge is 0.251 e. The molecular formula is C15H19F3N2O. The molecule has 0 saturated heterocycles. The van der Waals surface area contributed by atoms with Crippen molar-refractivity contribution in [3.8, 4) is 0 Å². The van der Waals surface area contributed by atoms with E-state index in [4.69, 9.17) is 0 Å². The number of benzene rings is 1. The summed E-state index contributed by atoms with van der Waals surface area (Å²) in [7, 11) is 2.00. The van der Waals surface area contributed by atoms with Crippen molar-refractivity contribution in [2.75, 3.05) is 20.1 Å². The first-order valence-electron chi connectivity index (χ1n) is 7.12. The average Bonchev–Trinajstić information content (AvgIpc) is 2.98. The van der Waals surface area contributed by atoms with Gasteiger partial charge in [0.2, 0.25) is 0 Å². The zero-order valence-electron chi connectivity index (χ0n) is 12.0. The Morgan fingerprint density at radius 1 is 1.24 bits per heavy atom. The molecule has 0 radical (unpaired) electrons. The van der Waals surface area contributed by atoms with E-state index in [1.807, 2.05) is 7.05 Å². The van der Waals surface area contributed by atoms with Gasteiger partial charge in [-0.2, -0.15) is 0 Å². The molecule has 6 heteroatoms. The maximum atomic E-state index is 13.1. The van der Waals surface area contributed by atoms with Crippen molar-refractivity contribution >= 4 is 5.91 Å². The maximum Gasteiger partial charge on any atom is 0.251 e. The summed E-state index contributed by atoms with van der Waals surface area (Å²) in [6.45, 7) is 1.05. The minimum absolute atomic E-state index is 0.213. The van der Waals surface area contributed by atoms with Gasteiger partial charge in [-0.3, -0.25) is 4.79 Å². The van der Waals surface area contributed by atoms with E-state index in [1.165, 1.54) is 25.7 Å². The van der Waals surface area contributed by atoms with Crippen LogP contribution in [0.1, 0.15) is 36.0 Å². The van der Waals surface area contributed by atoms with Crippen LogP contribution >= 0.6 is 0 Å². The van der Waals surface area contributed by atoms with Gasteiger partial charge in [-0.05, 0) is 32.0 Å². The molecule has 1 amide bonds. The molecule has 0 heterocycles. The Morgan fingerprint density at radius 3 is 2.38 bits per heavy atom. The normalized spacial score (nSPS) is 15.7. The van der Waals surface area contributed by atoms with E-state index in [1.54, 1.807) is 0 Å². The van der Waals surface area contributed by atoms with Crippen LogP contribution < -0.4 is 5.32 Å². The van der Waals surface area contributed by atoms with Gasteiger partial charge in [0.15, 0.2) is 17.5 Å². The second-order valence-corrected chi connectivity index (χ2v) is 5.43. The monoisotopic (exact) mass is 300 g/mol. The number of carbonyl (C=O) groups excluding carboxylic acids is 1. The van der Waals surface area contributed by atoms with Crippen molar-refractivity contribution in [2.24, 2.45) is 0 Å². The van der Waals surface area contributed by atoms with Gasteiger partial charge in [0, 0.05) is 24.7 Å². The van der Waals surface area contributed by atoms with Crippen molar-refractivity contribution in [2.45, 2.75) is 31.7 Å². The van der Waals surface area contributed by atoms with Gasteiger partial charge in [-0.15, -0.1) is 0 Å². The standard InChI is InChI=1S/C15H19F3N2O/c1-20(11-4-2-3-5-11)7-6-19-15(21)10-8-12(16)14(18)13(17)9-10/h8-9,11H,2-7H2,1H3,(H,19,21). The highest BCUT2D eigenvalue weighted by Crippen LogP contribution is 2.21. The molecule has 0 aliphatic heterocycles. The molecule has 3 nitrogen and oxygen atoms in total. The molecule has 0 atom stereocenters. The lowest BCUT2D eigenvalue weighted by Crippen LogP contribution is -2.37. The van der Waals surface area contributed by atoms with Gasteiger partial charge in [0.05, 0.1) is 0 Å². The molecule has 1 fully saturated rings. The van der Waals surface area contributed by atoms with Gasteiger partial charge < -0.3 is 10.2 Å². The maximum absolute atomic E-state index is 13.1. The molecule has 0 aromatic heterocycles. The molecule has 0 bridgehead atoms. The van der Waals surface area contributed by atoms with Gasteiger partial charge in [-0.1, -0.05) is 12.8 Å². The summed E-state index contributed by atoms with van der Waals surface area (Å²) in [5.41, 5.74) is -0.213. The van der Waals surface area contributed by atoms with Crippen molar-refractivity contribution in [3.05, 3.63) is 35.1 Å². The molecule has 1 N–H and O–H groups in total. The summed E-state index contributed by atoms with van der Waals surface area (Å²) in [6, 6.07) is 1.95. The summed E-state index contributed by atoms with van der Waals surface area (Å²) < 4.78 is 38.9. The largest absolute Gasteiger partial charge is 0.351 e. The van der Waals surface area contributed by atoms with Crippen LogP contribution in [0, 0.1) is 17.5 Å². The van der Waals surface area contributed by atoms with E-state index in [0.29, 0.717) is 31.3 Å². The minimum atomic E-state index is -1.56. The highest BCUT2D eigenvalue weighted by molar-refractivity contribution is 5.94. The molecule has 1 aliphatic carbocycles. The fourth-order valence-electron chi connectivity index (χ4n) is 2.66. The van der Waals surface area contributed by atoms with Crippen LogP contribution in [0.15, 0.2) is 12.1 Å². The summed E-state index contributed by atoms with van der Waals surface area (Å²) in [5.74, 6) is -4.88. The third kappa shape index (κ3) is 3.97. The second-order valence-electron chi connectivity index (χ2n) is 5.43. The molecule has 116 valence electrons. The van der Waals surface area contributed by atoms with E-state index < -0.39 is 23.4 Å². The molecule has 2 rings (SSSR count). The first kappa shape index (κ1) is 15.8. The van der Waals surface area contributed by atoms with Crippen molar-refractivity contribution in [1.29, 1.82) is 0 Å². The Hall–Kier alpha value is -1.56. The Bertz CT molecular complexity index is 493. The summed E-state index contributed by atoms with van der Waals surface area (Å²) in [4.78, 5) is 14.0. The second kappa shape index (κ2) is 6.93. The van der Waals surface area contributed by atoms with Crippen LogP contribution in [0.25, 0.3) is 0 Å². The third-order valence-corrected chi connectivity index (χ3v) is 3.94. The lowest BCUT2D eigenvalue weighted by atomic mass is 10.2. The van der Waals surface area contributed by atoms with Gasteiger partial charge >= 0.3 is 0 Å². The molecule has 0 unspecified atom stereocenters. The van der Waals surface area contributed by atoms with Crippen LogP contribution in [0.2, 0.25) is 0 Å². The number of rotatable bonds is 5. The Morgan fingerprint density at radius 2 is 1.81 bits per heavy atom. The lowest BCUT2D eigenvalue weighted by molar-refractivity contribution is 0.0946. The van der Waals surface area contributed by atoms with Crippen LogP contribution in [-0.2, 0) is 0 Å². The summed E-state index contributed by atoms with van der Waals surface area (Å²) in [5, 5.41) is 2.59. The molecular weight excluding hydrogens is 281 g/mol. The molecule has 1 aromatic rings. The van der Waals surface area contributed by atoms with E-state index in [-0.39, 0.29) is 5.56 Å². The first-order chi connectivity index (χ1) is 9.99. The highest BCUT2D eigenvalue weighted by atomic mass is 19.2. The molecule has 1 saturated carbocycles. The molecule has 21 heavy (non-hydrogen) atoms. The molecule has 1 aliphatic rings. The Kier molecular flexibility index (Phi) is 5.22. The third-order valence-electron chi connectivity index (χ3n) is 3.94. The molecule has 1 aromatic carbocycles. The number of halogens is 3. The fraction of sp³-hybridized carbons (Fsp3) is 0.533. The van der Waals surface area contributed by atoms with Crippen LogP contribution in [0.5, 0.6) is 0 Å². The number of amides is 1. The van der Waals surface area contributed by atoms with Crippen molar-refractivity contribution in [3.63, 3.8) is 0 Å². The SMILES string of the molecule is CN(CCNC(=O)c1cc(F)c(F)c(F)c1)C1CCCC1. The number of hydrogen-bond acceptors (Lipinski definition) is 2. The van der Waals surface area contributed by atoms with Crippen LogP contribution in [0.3, 0.4) is 0 Å². The number of nitrogens with one attached hydrogen (secondary N) is 1. The van der Waals surface area contributed by atoms with E-state index in [0.717, 1.165) is 0 Å². The van der Waals surface area contributed by atoms with Crippen molar-refractivity contribution < 1.29 is 18.0 Å². The number of hydrogen-bond donors (Lipinski definition) is 1. The van der Waals surface area contributed by atoms with Gasteiger partial charge in [0.25, 0.3) is 5.91 Å². The highest BCUT2D eigenvalue weighted by Gasteiger charge is 2.19. The van der Waals surface area contributed by atoms with E-state index >= 15 is 0 Å². The predicted octanol–water partition coefficient (Wildman–Crippen LogP) is 2.71. The topological polar surface area (TPSA) is 32.3 Å². The zero-order valence-corrected chi connectivity index (χ0v) is 12.0. The Balaban J connectivity index is 1.84. The van der Waals surface area contributed by atoms with E-state index in [9.17, 15) is 18.0 Å². The molecule has 0 spiro atoms. The predicted molar refractivity (Wildman–Crippen MR) is 73.5 cm³/mol. The summed E-state index contributed by atoms with van der Waals surface area (Å²) >= 11 is 0. The number of nitrogens with zero attached hydrogens (tertiary/aromatic N) is 1. The van der Waals surface area contributed by atoms with Gasteiger partial charge in [0.1, 0.15) is 0 Å². The quantitative estimate of drug-likeness (QED) is 0.848. The minimum Gasteiger partial charge on any atom is -0.351 e. The van der Waals surface area contributed by atoms with Gasteiger partial charge in [-0.25, -0.2) is 13.2 Å². The summed E-state index contributed by atoms with van der Waals surface area (Å²) in [6.07, 6.45) is 4.79. The number of carbonyl (C=O) groups is 1. The van der Waals surface area contributed by atoms with E-state index in [2.05, 4.69) is 10.2 Å². The average molecular weight is 300 g/mol. The van der Waals surface area contributed by atoms with Crippen LogP contribution in [0.4, 0.5) is 13.2 Å². The number of likely N-dealkylation sites (N-methyl/N-ethyl adjacent to an activating group) is 1. The first-order valence-corrected chi connectivity index (χ1v) is 7.12.